The number of hydrogen-bond acceptors (Lipinski definition) is 5. The van der Waals surface area contributed by atoms with Gasteiger partial charge in [0.25, 0.3) is 5.91 Å². The molecule has 2 saturated heterocycles. The van der Waals surface area contributed by atoms with Crippen molar-refractivity contribution in [2.45, 2.75) is 32.6 Å². The molecule has 0 aliphatic carbocycles. The molecular formula is C21H29ClN4O4. The highest BCUT2D eigenvalue weighted by Crippen LogP contribution is 2.24. The molecule has 0 saturated carbocycles. The Morgan fingerprint density at radius 2 is 1.90 bits per heavy atom. The molecule has 2 heterocycles. The van der Waals surface area contributed by atoms with E-state index < -0.39 is 18.0 Å². The third kappa shape index (κ3) is 5.86. The van der Waals surface area contributed by atoms with E-state index in [0.29, 0.717) is 37.2 Å². The minimum Gasteiger partial charge on any atom is -0.315 e. The number of urea groups is 1. The summed E-state index contributed by atoms with van der Waals surface area (Å²) < 4.78 is 0. The third-order valence-electron chi connectivity index (χ3n) is 5.60. The Labute approximate surface area is 182 Å². The monoisotopic (exact) mass is 436 g/mol. The summed E-state index contributed by atoms with van der Waals surface area (Å²) in [5, 5.41) is 4.43. The maximum atomic E-state index is 12.4. The Balaban J connectivity index is 1.41. The molecule has 1 N–H and O–H groups in total. The van der Waals surface area contributed by atoms with Crippen molar-refractivity contribution in [3.8, 4) is 0 Å². The Bertz CT molecular complexity index is 750. The first-order valence-corrected chi connectivity index (χ1v) is 10.9. The summed E-state index contributed by atoms with van der Waals surface area (Å²) in [7, 11) is 0. The minimum absolute atomic E-state index is 0.0652. The van der Waals surface area contributed by atoms with Gasteiger partial charge in [0.05, 0.1) is 0 Å². The van der Waals surface area contributed by atoms with Gasteiger partial charge in [-0.2, -0.15) is 0 Å². The highest BCUT2D eigenvalue weighted by Gasteiger charge is 2.40. The Kier molecular flexibility index (Phi) is 7.93. The highest BCUT2D eigenvalue weighted by molar-refractivity contribution is 6.30. The lowest BCUT2D eigenvalue weighted by Gasteiger charge is -2.31. The van der Waals surface area contributed by atoms with Crippen LogP contribution in [0.25, 0.3) is 0 Å². The van der Waals surface area contributed by atoms with Gasteiger partial charge in [-0.25, -0.2) is 9.59 Å². The van der Waals surface area contributed by atoms with Crippen LogP contribution in [0.4, 0.5) is 9.59 Å². The van der Waals surface area contributed by atoms with Crippen molar-refractivity contribution in [1.29, 1.82) is 0 Å². The number of nitrogens with one attached hydrogen (secondary N) is 1. The van der Waals surface area contributed by atoms with Crippen molar-refractivity contribution in [3.05, 3.63) is 34.9 Å². The summed E-state index contributed by atoms with van der Waals surface area (Å²) in [5.41, 5.74) is 1.26. The second-order valence-electron chi connectivity index (χ2n) is 7.70. The first-order chi connectivity index (χ1) is 14.5. The number of hydroxylamine groups is 2. The second kappa shape index (κ2) is 10.6. The fourth-order valence-electron chi connectivity index (χ4n) is 3.75. The molecule has 0 atom stereocenters. The first-order valence-electron chi connectivity index (χ1n) is 10.5. The number of rotatable bonds is 8. The second-order valence-corrected chi connectivity index (χ2v) is 8.13. The van der Waals surface area contributed by atoms with E-state index >= 15 is 0 Å². The van der Waals surface area contributed by atoms with Gasteiger partial charge < -0.3 is 20.0 Å². The summed E-state index contributed by atoms with van der Waals surface area (Å²) in [5.74, 6) is 0.0176. The molecule has 2 fully saturated rings. The number of halogens is 1. The number of amides is 4. The van der Waals surface area contributed by atoms with Crippen LogP contribution in [0.15, 0.2) is 24.3 Å². The average Bonchev–Trinajstić information content (AvgIpc) is 3.01. The number of benzene rings is 1. The number of nitrogens with zero attached hydrogens (tertiary/aromatic N) is 3. The van der Waals surface area contributed by atoms with Crippen LogP contribution in [0.5, 0.6) is 0 Å². The zero-order valence-electron chi connectivity index (χ0n) is 17.3. The Hall–Kier alpha value is -2.32. The molecule has 1 aromatic carbocycles. The fraction of sp³-hybridized carbons (Fsp3) is 0.571. The number of carbonyl (C=O) groups excluding carboxylic acids is 3. The number of imide groups is 1. The standard InChI is InChI=1S/C21H29ClN4O4/c1-2-23-11-14-25-15-19(27)26(20(25)28)30-21(29)24-12-9-17(10-13-24)4-3-16-5-7-18(22)8-6-16/h5-8,17,23H,2-4,9-15H2,1H3. The third-order valence-corrected chi connectivity index (χ3v) is 5.85. The van der Waals surface area contributed by atoms with Crippen LogP contribution in [0.1, 0.15) is 31.7 Å². The van der Waals surface area contributed by atoms with Gasteiger partial charge in [0.1, 0.15) is 6.54 Å². The van der Waals surface area contributed by atoms with Crippen LogP contribution in [0.2, 0.25) is 5.02 Å². The summed E-state index contributed by atoms with van der Waals surface area (Å²) in [6, 6.07) is 7.31. The lowest BCUT2D eigenvalue weighted by molar-refractivity contribution is -0.149. The van der Waals surface area contributed by atoms with Crippen LogP contribution in [-0.2, 0) is 16.1 Å². The van der Waals surface area contributed by atoms with E-state index in [1.165, 1.54) is 10.5 Å². The van der Waals surface area contributed by atoms with Crippen LogP contribution >= 0.6 is 11.6 Å². The average molecular weight is 437 g/mol. The van der Waals surface area contributed by atoms with Crippen molar-refractivity contribution in [2.24, 2.45) is 5.92 Å². The van der Waals surface area contributed by atoms with Gasteiger partial charge in [-0.15, -0.1) is 0 Å². The lowest BCUT2D eigenvalue weighted by Crippen LogP contribution is -2.44. The molecule has 1 aromatic rings. The number of likely N-dealkylation sites (tertiary alicyclic amines) is 1. The molecule has 30 heavy (non-hydrogen) atoms. The largest absolute Gasteiger partial charge is 0.434 e. The normalized spacial score (nSPS) is 17.7. The molecular weight excluding hydrogens is 408 g/mol. The zero-order valence-corrected chi connectivity index (χ0v) is 18.1. The maximum Gasteiger partial charge on any atom is 0.434 e. The Morgan fingerprint density at radius 1 is 1.20 bits per heavy atom. The van der Waals surface area contributed by atoms with Crippen molar-refractivity contribution < 1.29 is 19.2 Å². The van der Waals surface area contributed by atoms with Gasteiger partial charge in [-0.3, -0.25) is 4.79 Å². The van der Waals surface area contributed by atoms with E-state index in [9.17, 15) is 14.4 Å². The number of carbonyl (C=O) groups is 3. The number of aryl methyl sites for hydroxylation is 1. The summed E-state index contributed by atoms with van der Waals surface area (Å²) in [6.45, 7) is 4.78. The summed E-state index contributed by atoms with van der Waals surface area (Å²) >= 11 is 5.92. The van der Waals surface area contributed by atoms with Crippen molar-refractivity contribution in [2.75, 3.05) is 39.3 Å². The van der Waals surface area contributed by atoms with Crippen LogP contribution in [0.3, 0.4) is 0 Å². The molecule has 0 spiro atoms. The van der Waals surface area contributed by atoms with Gasteiger partial charge >= 0.3 is 12.1 Å². The molecule has 2 aliphatic rings. The molecule has 9 heteroatoms. The number of hydrogen-bond donors (Lipinski definition) is 1. The molecule has 0 bridgehead atoms. The van der Waals surface area contributed by atoms with Crippen LogP contribution in [-0.4, -0.2) is 72.2 Å². The van der Waals surface area contributed by atoms with E-state index in [-0.39, 0.29) is 6.54 Å². The molecule has 4 amide bonds. The SMILES string of the molecule is CCNCCN1CC(=O)N(OC(=O)N2CCC(CCc3ccc(Cl)cc3)CC2)C1=O. The predicted octanol–water partition coefficient (Wildman–Crippen LogP) is 2.91. The van der Waals surface area contributed by atoms with Crippen LogP contribution in [0, 0.1) is 5.92 Å². The first kappa shape index (κ1) is 22.4. The summed E-state index contributed by atoms with van der Waals surface area (Å²) in [6.07, 6.45) is 3.14. The van der Waals surface area contributed by atoms with Gasteiger partial charge in [-0.1, -0.05) is 35.7 Å². The molecule has 2 aliphatic heterocycles. The smallest absolute Gasteiger partial charge is 0.315 e. The van der Waals surface area contributed by atoms with Crippen LogP contribution < -0.4 is 5.32 Å². The van der Waals surface area contributed by atoms with Crippen molar-refractivity contribution >= 4 is 29.6 Å². The molecule has 0 aromatic heterocycles. The van der Waals surface area contributed by atoms with E-state index in [1.54, 1.807) is 4.90 Å². The Morgan fingerprint density at radius 3 is 2.57 bits per heavy atom. The van der Waals surface area contributed by atoms with E-state index in [4.69, 9.17) is 16.4 Å². The van der Waals surface area contributed by atoms with Gasteiger partial charge in [0, 0.05) is 31.2 Å². The van der Waals surface area contributed by atoms with Gasteiger partial charge in [-0.05, 0) is 55.8 Å². The summed E-state index contributed by atoms with van der Waals surface area (Å²) in [4.78, 5) is 44.9. The molecule has 3 rings (SSSR count). The quantitative estimate of drug-likeness (QED) is 0.500. The molecule has 164 valence electrons. The molecule has 0 radical (unpaired) electrons. The van der Waals surface area contributed by atoms with Gasteiger partial charge in [0.15, 0.2) is 0 Å². The van der Waals surface area contributed by atoms with E-state index in [2.05, 4.69) is 5.32 Å². The maximum absolute atomic E-state index is 12.4. The predicted molar refractivity (Wildman–Crippen MR) is 113 cm³/mol. The topological polar surface area (TPSA) is 82.2 Å². The molecule has 8 nitrogen and oxygen atoms in total. The van der Waals surface area contributed by atoms with Crippen molar-refractivity contribution in [3.63, 3.8) is 0 Å². The highest BCUT2D eigenvalue weighted by atomic mass is 35.5. The van der Waals surface area contributed by atoms with E-state index in [0.717, 1.165) is 37.3 Å². The zero-order chi connectivity index (χ0) is 21.5. The van der Waals surface area contributed by atoms with Gasteiger partial charge in [0.2, 0.25) is 0 Å². The van der Waals surface area contributed by atoms with Crippen molar-refractivity contribution in [1.82, 2.24) is 20.2 Å². The van der Waals surface area contributed by atoms with E-state index in [1.807, 2.05) is 31.2 Å². The fourth-order valence-corrected chi connectivity index (χ4v) is 3.87. The lowest BCUT2D eigenvalue weighted by atomic mass is 9.91. The number of likely N-dealkylation sites (N-methyl/N-ethyl adjacent to an activating group) is 1. The number of piperidine rings is 1. The minimum atomic E-state index is -0.638. The molecule has 0 unspecified atom stereocenters.